The second kappa shape index (κ2) is 17.4. The minimum Gasteiger partial charge on any atom is -0.388 e. The Kier molecular flexibility index (Phi) is 15.9. The third-order valence-corrected chi connectivity index (χ3v) is 5.44. The molecule has 0 unspecified atom stereocenters. The average molecular weight is 401 g/mol. The fourth-order valence-corrected chi connectivity index (χ4v) is 3.49. The first-order valence-electron chi connectivity index (χ1n) is 11.5. The molecule has 0 amide bonds. The molecule has 0 bridgehead atoms. The molecule has 1 aliphatic heterocycles. The van der Waals surface area contributed by atoms with Gasteiger partial charge in [0.15, 0.2) is 0 Å². The van der Waals surface area contributed by atoms with Gasteiger partial charge in [0.05, 0.1) is 13.2 Å². The Hall–Kier alpha value is -0.460. The van der Waals surface area contributed by atoms with Crippen molar-refractivity contribution in [2.75, 3.05) is 19.8 Å². The Labute approximate surface area is 172 Å². The van der Waals surface area contributed by atoms with Gasteiger partial charge < -0.3 is 24.8 Å². The number of aliphatic hydroxyl groups excluding tert-OH is 3. The van der Waals surface area contributed by atoms with E-state index < -0.39 is 24.4 Å². The van der Waals surface area contributed by atoms with Gasteiger partial charge in [-0.25, -0.2) is 0 Å². The van der Waals surface area contributed by atoms with Crippen molar-refractivity contribution in [3.8, 4) is 0 Å². The van der Waals surface area contributed by atoms with Crippen LogP contribution in [0.4, 0.5) is 0 Å². The average Bonchev–Trinajstić information content (AvgIpc) is 2.70. The lowest BCUT2D eigenvalue weighted by atomic mass is 10.0. The maximum Gasteiger partial charge on any atom is 0.111 e. The van der Waals surface area contributed by atoms with Crippen molar-refractivity contribution in [2.45, 2.75) is 115 Å². The highest BCUT2D eigenvalue weighted by molar-refractivity contribution is 4.86. The first kappa shape index (κ1) is 25.6. The van der Waals surface area contributed by atoms with Gasteiger partial charge in [0, 0.05) is 6.61 Å². The van der Waals surface area contributed by atoms with Gasteiger partial charge in [0.25, 0.3) is 0 Å². The van der Waals surface area contributed by atoms with Gasteiger partial charge in [0.2, 0.25) is 0 Å². The Morgan fingerprint density at radius 2 is 1.36 bits per heavy atom. The highest BCUT2D eigenvalue weighted by Gasteiger charge is 2.37. The van der Waals surface area contributed by atoms with Crippen LogP contribution in [-0.4, -0.2) is 59.6 Å². The number of ether oxygens (including phenoxy) is 2. The number of unbranched alkanes of at least 4 members (excludes halogenated alkanes) is 11. The van der Waals surface area contributed by atoms with E-state index >= 15 is 0 Å². The molecule has 5 heteroatoms. The van der Waals surface area contributed by atoms with Crippen molar-refractivity contribution in [3.05, 3.63) is 12.2 Å². The number of hydrogen-bond donors (Lipinski definition) is 3. The molecule has 1 aliphatic rings. The van der Waals surface area contributed by atoms with Crippen LogP contribution in [0.25, 0.3) is 0 Å². The van der Waals surface area contributed by atoms with E-state index in [-0.39, 0.29) is 13.2 Å². The lowest BCUT2D eigenvalue weighted by Gasteiger charge is -2.35. The maximum atomic E-state index is 9.82. The second-order valence-electron chi connectivity index (χ2n) is 8.08. The number of aliphatic hydroxyl groups is 3. The van der Waals surface area contributed by atoms with E-state index in [0.29, 0.717) is 6.61 Å². The molecule has 0 aromatic rings. The molecule has 0 aromatic carbocycles. The number of hydrogen-bond acceptors (Lipinski definition) is 5. The van der Waals surface area contributed by atoms with E-state index in [1.54, 1.807) is 0 Å². The van der Waals surface area contributed by atoms with Gasteiger partial charge in [-0.1, -0.05) is 70.4 Å². The predicted molar refractivity (Wildman–Crippen MR) is 113 cm³/mol. The lowest BCUT2D eigenvalue weighted by Crippen LogP contribution is -2.54. The normalized spacial score (nSPS) is 25.6. The van der Waals surface area contributed by atoms with Crippen molar-refractivity contribution in [2.24, 2.45) is 0 Å². The summed E-state index contributed by atoms with van der Waals surface area (Å²) in [5.74, 6) is 0. The molecule has 5 nitrogen and oxygen atoms in total. The molecular formula is C23H44O5. The summed E-state index contributed by atoms with van der Waals surface area (Å²) in [5, 5.41) is 28.8. The minimum atomic E-state index is -1.15. The number of rotatable bonds is 17. The van der Waals surface area contributed by atoms with Crippen LogP contribution >= 0.6 is 0 Å². The predicted octanol–water partition coefficient (Wildman–Crippen LogP) is 4.13. The van der Waals surface area contributed by atoms with E-state index in [1.807, 2.05) is 0 Å². The van der Waals surface area contributed by atoms with Crippen LogP contribution in [0.2, 0.25) is 0 Å². The van der Waals surface area contributed by atoms with Crippen molar-refractivity contribution >= 4 is 0 Å². The molecule has 0 aliphatic carbocycles. The van der Waals surface area contributed by atoms with Gasteiger partial charge in [-0.05, 0) is 32.1 Å². The zero-order valence-electron chi connectivity index (χ0n) is 17.9. The summed E-state index contributed by atoms with van der Waals surface area (Å²) >= 11 is 0. The van der Waals surface area contributed by atoms with Gasteiger partial charge in [-0.2, -0.15) is 0 Å². The topological polar surface area (TPSA) is 79.2 Å². The van der Waals surface area contributed by atoms with Crippen LogP contribution in [-0.2, 0) is 9.47 Å². The smallest absolute Gasteiger partial charge is 0.111 e. The molecule has 0 radical (unpaired) electrons. The Balaban J connectivity index is 1.81. The summed E-state index contributed by atoms with van der Waals surface area (Å²) in [7, 11) is 0. The fourth-order valence-electron chi connectivity index (χ4n) is 3.49. The van der Waals surface area contributed by atoms with Crippen LogP contribution in [0.1, 0.15) is 90.4 Å². The molecule has 1 heterocycles. The molecule has 1 fully saturated rings. The fraction of sp³-hybridized carbons (Fsp3) is 0.913. The molecule has 0 saturated carbocycles. The standard InChI is InChI=1S/C23H44O5/c1-2-3-4-5-6-7-8-9-10-11-12-13-14-15-16-17-27-19-21-23(26)22(25)20(24)18-28-21/h9-10,20-26H,2-8,11-19H2,1H3/b10-9+/t20-,21+,22+,23+/m0/s1. The third-order valence-electron chi connectivity index (χ3n) is 5.44. The summed E-state index contributed by atoms with van der Waals surface area (Å²) in [4.78, 5) is 0. The van der Waals surface area contributed by atoms with Gasteiger partial charge >= 0.3 is 0 Å². The van der Waals surface area contributed by atoms with Gasteiger partial charge in [0.1, 0.15) is 24.4 Å². The van der Waals surface area contributed by atoms with Crippen molar-refractivity contribution in [1.29, 1.82) is 0 Å². The quantitative estimate of drug-likeness (QED) is 0.253. The maximum absolute atomic E-state index is 9.82. The molecule has 166 valence electrons. The van der Waals surface area contributed by atoms with E-state index in [1.165, 1.54) is 70.6 Å². The van der Waals surface area contributed by atoms with Gasteiger partial charge in [-0.3, -0.25) is 0 Å². The first-order chi connectivity index (χ1) is 13.7. The monoisotopic (exact) mass is 400 g/mol. The largest absolute Gasteiger partial charge is 0.388 e. The van der Waals surface area contributed by atoms with Crippen LogP contribution < -0.4 is 0 Å². The van der Waals surface area contributed by atoms with E-state index in [4.69, 9.17) is 9.47 Å². The van der Waals surface area contributed by atoms with E-state index in [2.05, 4.69) is 19.1 Å². The van der Waals surface area contributed by atoms with Crippen LogP contribution in [0.3, 0.4) is 0 Å². The van der Waals surface area contributed by atoms with Crippen molar-refractivity contribution in [1.82, 2.24) is 0 Å². The minimum absolute atomic E-state index is 0.0413. The molecule has 28 heavy (non-hydrogen) atoms. The lowest BCUT2D eigenvalue weighted by molar-refractivity contribution is -0.199. The Morgan fingerprint density at radius 1 is 0.786 bits per heavy atom. The van der Waals surface area contributed by atoms with Gasteiger partial charge in [-0.15, -0.1) is 0 Å². The summed E-state index contributed by atoms with van der Waals surface area (Å²) in [6.45, 7) is 3.20. The molecular weight excluding hydrogens is 356 g/mol. The summed E-state index contributed by atoms with van der Waals surface area (Å²) in [6.07, 6.45) is 17.4. The van der Waals surface area contributed by atoms with Crippen molar-refractivity contribution < 1.29 is 24.8 Å². The molecule has 3 N–H and O–H groups in total. The molecule has 0 aromatic heterocycles. The highest BCUT2D eigenvalue weighted by atomic mass is 16.6. The van der Waals surface area contributed by atoms with Crippen LogP contribution in [0.5, 0.6) is 0 Å². The Morgan fingerprint density at radius 3 is 2.00 bits per heavy atom. The Bertz CT molecular complexity index is 374. The first-order valence-corrected chi connectivity index (χ1v) is 11.5. The van der Waals surface area contributed by atoms with E-state index in [9.17, 15) is 15.3 Å². The van der Waals surface area contributed by atoms with Crippen molar-refractivity contribution in [3.63, 3.8) is 0 Å². The summed E-state index contributed by atoms with van der Waals surface area (Å²) in [6, 6.07) is 0. The SMILES string of the molecule is CCCCCCCC/C=C/CCCCCCCOC[C@H]1OC[C@H](O)[C@@H](O)[C@@H]1O. The molecule has 4 atom stereocenters. The molecule has 1 saturated heterocycles. The summed E-state index contributed by atoms with van der Waals surface area (Å²) < 4.78 is 10.9. The summed E-state index contributed by atoms with van der Waals surface area (Å²) in [5.41, 5.74) is 0. The second-order valence-corrected chi connectivity index (χ2v) is 8.08. The van der Waals surface area contributed by atoms with Crippen LogP contribution in [0, 0.1) is 0 Å². The zero-order valence-corrected chi connectivity index (χ0v) is 17.9. The molecule has 1 rings (SSSR count). The highest BCUT2D eigenvalue weighted by Crippen LogP contribution is 2.16. The van der Waals surface area contributed by atoms with E-state index in [0.717, 1.165) is 12.8 Å². The third kappa shape index (κ3) is 12.2. The van der Waals surface area contributed by atoms with Crippen LogP contribution in [0.15, 0.2) is 12.2 Å². The number of allylic oxidation sites excluding steroid dienone is 2. The zero-order chi connectivity index (χ0) is 20.5. The molecule has 0 spiro atoms.